The lowest BCUT2D eigenvalue weighted by atomic mass is 10.0. The molecule has 1 aliphatic rings. The molecule has 1 heterocycles. The predicted octanol–water partition coefficient (Wildman–Crippen LogP) is 0.358. The third kappa shape index (κ3) is 4.62. The van der Waals surface area contributed by atoms with Gasteiger partial charge in [0.15, 0.2) is 0 Å². The van der Waals surface area contributed by atoms with Gasteiger partial charge >= 0.3 is 0 Å². The Hall–Kier alpha value is -0.610. The lowest BCUT2D eigenvalue weighted by Crippen LogP contribution is -2.48. The zero-order chi connectivity index (χ0) is 11.3. The second kappa shape index (κ2) is 6.08. The van der Waals surface area contributed by atoms with Gasteiger partial charge in [-0.2, -0.15) is 0 Å². The molecule has 0 saturated carbocycles. The molecule has 15 heavy (non-hydrogen) atoms. The molecule has 1 rings (SSSR count). The van der Waals surface area contributed by atoms with Crippen LogP contribution in [0.2, 0.25) is 0 Å². The van der Waals surface area contributed by atoms with Gasteiger partial charge in [-0.05, 0) is 25.8 Å². The summed E-state index contributed by atoms with van der Waals surface area (Å²) < 4.78 is 0. The third-order valence-electron chi connectivity index (χ3n) is 2.85. The van der Waals surface area contributed by atoms with Gasteiger partial charge in [-0.1, -0.05) is 6.92 Å². The molecule has 1 fully saturated rings. The molecule has 2 N–H and O–H groups in total. The number of aliphatic hydroxyl groups is 1. The number of nitrogens with zero attached hydrogens (tertiary/aromatic N) is 1. The zero-order valence-corrected chi connectivity index (χ0v) is 9.70. The summed E-state index contributed by atoms with van der Waals surface area (Å²) in [6.45, 7) is 6.18. The average molecular weight is 214 g/mol. The fraction of sp³-hybridized carbons (Fsp3) is 0.909. The summed E-state index contributed by atoms with van der Waals surface area (Å²) in [5.41, 5.74) is 0. The number of carbonyl (C=O) groups excluding carboxylic acids is 1. The number of hydrogen-bond donors (Lipinski definition) is 2. The molecule has 4 nitrogen and oxygen atoms in total. The highest BCUT2D eigenvalue weighted by atomic mass is 16.3. The van der Waals surface area contributed by atoms with Crippen molar-refractivity contribution in [2.24, 2.45) is 0 Å². The number of rotatable bonds is 4. The molecule has 0 aromatic rings. The van der Waals surface area contributed by atoms with Gasteiger partial charge < -0.3 is 10.4 Å². The van der Waals surface area contributed by atoms with Crippen LogP contribution in [0.1, 0.15) is 33.1 Å². The summed E-state index contributed by atoms with van der Waals surface area (Å²) in [6.07, 6.45) is 2.71. The maximum absolute atomic E-state index is 10.9. The van der Waals surface area contributed by atoms with Gasteiger partial charge in [-0.25, -0.2) is 0 Å². The summed E-state index contributed by atoms with van der Waals surface area (Å²) in [6, 6.07) is 0.264. The smallest absolute Gasteiger partial charge is 0.217 e. The molecule has 0 aromatic heterocycles. The van der Waals surface area contributed by atoms with Crippen molar-refractivity contribution in [1.29, 1.82) is 0 Å². The van der Waals surface area contributed by atoms with Crippen LogP contribution in [0.25, 0.3) is 0 Å². The van der Waals surface area contributed by atoms with Gasteiger partial charge in [-0.15, -0.1) is 0 Å². The standard InChI is InChI=1S/C11H22N2O2/c1-3-11(15)8-13-6-4-5-10(7-13)12-9(2)14/h10-11,15H,3-8H2,1-2H3,(H,12,14). The van der Waals surface area contributed by atoms with E-state index in [2.05, 4.69) is 10.2 Å². The fourth-order valence-electron chi connectivity index (χ4n) is 2.05. The highest BCUT2D eigenvalue weighted by Crippen LogP contribution is 2.11. The molecule has 2 atom stereocenters. The first kappa shape index (κ1) is 12.5. The number of aliphatic hydroxyl groups excluding tert-OH is 1. The van der Waals surface area contributed by atoms with E-state index in [4.69, 9.17) is 0 Å². The van der Waals surface area contributed by atoms with Crippen molar-refractivity contribution < 1.29 is 9.90 Å². The first-order valence-corrected chi connectivity index (χ1v) is 5.79. The Morgan fingerprint density at radius 1 is 1.67 bits per heavy atom. The van der Waals surface area contributed by atoms with Crippen LogP contribution in [-0.4, -0.2) is 47.7 Å². The number of hydrogen-bond acceptors (Lipinski definition) is 3. The first-order chi connectivity index (χ1) is 7.11. The molecular weight excluding hydrogens is 192 g/mol. The van der Waals surface area contributed by atoms with Crippen molar-refractivity contribution in [2.75, 3.05) is 19.6 Å². The Balaban J connectivity index is 2.31. The quantitative estimate of drug-likeness (QED) is 0.710. The maximum Gasteiger partial charge on any atom is 0.217 e. The second-order valence-corrected chi connectivity index (χ2v) is 4.36. The van der Waals surface area contributed by atoms with Gasteiger partial charge in [0.1, 0.15) is 0 Å². The van der Waals surface area contributed by atoms with Gasteiger partial charge in [0, 0.05) is 26.1 Å². The minimum absolute atomic E-state index is 0.0397. The summed E-state index contributed by atoms with van der Waals surface area (Å²) in [5, 5.41) is 12.5. The second-order valence-electron chi connectivity index (χ2n) is 4.36. The van der Waals surface area contributed by atoms with Crippen LogP contribution in [0, 0.1) is 0 Å². The average Bonchev–Trinajstić information content (AvgIpc) is 2.17. The number of carbonyl (C=O) groups is 1. The lowest BCUT2D eigenvalue weighted by molar-refractivity contribution is -0.120. The van der Waals surface area contributed by atoms with E-state index in [0.717, 1.165) is 38.9 Å². The Kier molecular flexibility index (Phi) is 5.05. The molecule has 0 radical (unpaired) electrons. The summed E-state index contributed by atoms with van der Waals surface area (Å²) >= 11 is 0. The van der Waals surface area contributed by atoms with Crippen molar-refractivity contribution in [1.82, 2.24) is 10.2 Å². The lowest BCUT2D eigenvalue weighted by Gasteiger charge is -2.33. The molecule has 1 amide bonds. The van der Waals surface area contributed by atoms with E-state index in [1.807, 2.05) is 6.92 Å². The number of β-amino-alcohol motifs (C(OH)–C–C–N with tert-alkyl or cyclic N) is 1. The van der Waals surface area contributed by atoms with E-state index in [1.165, 1.54) is 0 Å². The van der Waals surface area contributed by atoms with Crippen molar-refractivity contribution in [3.05, 3.63) is 0 Å². The summed E-state index contributed by atoms with van der Waals surface area (Å²) in [5.74, 6) is 0.0397. The Morgan fingerprint density at radius 2 is 2.40 bits per heavy atom. The van der Waals surface area contributed by atoms with E-state index in [0.29, 0.717) is 0 Å². The summed E-state index contributed by atoms with van der Waals surface area (Å²) in [7, 11) is 0. The molecule has 0 spiro atoms. The van der Waals surface area contributed by atoms with Crippen LogP contribution in [0.3, 0.4) is 0 Å². The predicted molar refractivity (Wildman–Crippen MR) is 59.6 cm³/mol. The van der Waals surface area contributed by atoms with Crippen molar-refractivity contribution in [2.45, 2.75) is 45.3 Å². The molecule has 88 valence electrons. The van der Waals surface area contributed by atoms with E-state index in [9.17, 15) is 9.90 Å². The minimum Gasteiger partial charge on any atom is -0.392 e. The fourth-order valence-corrected chi connectivity index (χ4v) is 2.05. The van der Waals surface area contributed by atoms with Gasteiger partial charge in [0.2, 0.25) is 5.91 Å². The number of amides is 1. The molecule has 0 bridgehead atoms. The monoisotopic (exact) mass is 214 g/mol. The molecule has 1 aliphatic heterocycles. The van der Waals surface area contributed by atoms with E-state index >= 15 is 0 Å². The molecule has 4 heteroatoms. The Bertz CT molecular complexity index is 209. The van der Waals surface area contributed by atoms with Crippen LogP contribution in [0.4, 0.5) is 0 Å². The molecular formula is C11H22N2O2. The Labute approximate surface area is 91.6 Å². The van der Waals surface area contributed by atoms with Crippen molar-refractivity contribution >= 4 is 5.91 Å². The zero-order valence-electron chi connectivity index (χ0n) is 9.70. The van der Waals surface area contributed by atoms with E-state index in [-0.39, 0.29) is 18.1 Å². The number of likely N-dealkylation sites (tertiary alicyclic amines) is 1. The van der Waals surface area contributed by atoms with Crippen LogP contribution < -0.4 is 5.32 Å². The first-order valence-electron chi connectivity index (χ1n) is 5.79. The van der Waals surface area contributed by atoms with Crippen molar-refractivity contribution in [3.63, 3.8) is 0 Å². The van der Waals surface area contributed by atoms with Crippen LogP contribution >= 0.6 is 0 Å². The van der Waals surface area contributed by atoms with E-state index < -0.39 is 0 Å². The Morgan fingerprint density at radius 3 is 3.00 bits per heavy atom. The van der Waals surface area contributed by atoms with Crippen LogP contribution in [0.15, 0.2) is 0 Å². The normalized spacial score (nSPS) is 24.9. The maximum atomic E-state index is 10.9. The largest absolute Gasteiger partial charge is 0.392 e. The minimum atomic E-state index is -0.235. The third-order valence-corrected chi connectivity index (χ3v) is 2.85. The molecule has 1 saturated heterocycles. The van der Waals surface area contributed by atoms with Crippen LogP contribution in [0.5, 0.6) is 0 Å². The number of piperidine rings is 1. The highest BCUT2D eigenvalue weighted by molar-refractivity contribution is 5.73. The molecule has 0 aromatic carbocycles. The van der Waals surface area contributed by atoms with Gasteiger partial charge in [0.25, 0.3) is 0 Å². The van der Waals surface area contributed by atoms with Gasteiger partial charge in [-0.3, -0.25) is 9.69 Å². The van der Waals surface area contributed by atoms with Crippen molar-refractivity contribution in [3.8, 4) is 0 Å². The SMILES string of the molecule is CCC(O)CN1CCCC(NC(C)=O)C1. The molecule has 0 aliphatic carbocycles. The number of nitrogens with one attached hydrogen (secondary N) is 1. The topological polar surface area (TPSA) is 52.6 Å². The summed E-state index contributed by atoms with van der Waals surface area (Å²) in [4.78, 5) is 13.2. The van der Waals surface area contributed by atoms with E-state index in [1.54, 1.807) is 6.92 Å². The van der Waals surface area contributed by atoms with Gasteiger partial charge in [0.05, 0.1) is 6.10 Å². The van der Waals surface area contributed by atoms with Crippen LogP contribution in [-0.2, 0) is 4.79 Å². The molecule has 2 unspecified atom stereocenters. The highest BCUT2D eigenvalue weighted by Gasteiger charge is 2.21.